The van der Waals surface area contributed by atoms with E-state index in [-0.39, 0.29) is 11.3 Å². The van der Waals surface area contributed by atoms with Gasteiger partial charge < -0.3 is 4.74 Å². The molecule has 0 saturated carbocycles. The Labute approximate surface area is 137 Å². The quantitative estimate of drug-likeness (QED) is 0.644. The molecule has 0 aliphatic heterocycles. The van der Waals surface area contributed by atoms with Gasteiger partial charge in [-0.15, -0.1) is 0 Å². The Hall–Kier alpha value is -3.42. The van der Waals surface area contributed by atoms with Crippen molar-refractivity contribution in [1.82, 2.24) is 10.9 Å². The number of hydrogen-bond donors (Lipinski definition) is 2. The Morgan fingerprint density at radius 3 is 2.25 bits per heavy atom. The van der Waals surface area contributed by atoms with E-state index in [0.717, 1.165) is 0 Å². The molecule has 24 heavy (non-hydrogen) atoms. The van der Waals surface area contributed by atoms with Gasteiger partial charge in [-0.2, -0.15) is 0 Å². The van der Waals surface area contributed by atoms with Gasteiger partial charge in [-0.05, 0) is 37.3 Å². The number of benzene rings is 2. The number of ether oxygens (including phenoxy) is 1. The fourth-order valence-electron chi connectivity index (χ4n) is 1.89. The first kappa shape index (κ1) is 16.9. The van der Waals surface area contributed by atoms with Crippen LogP contribution in [-0.2, 0) is 0 Å². The van der Waals surface area contributed by atoms with Crippen LogP contribution in [0.15, 0.2) is 48.5 Å². The molecular weight excluding hydrogens is 314 g/mol. The standard InChI is InChI=1S/C16H15N3O5/c1-2-24-14-5-3-4-12(10-14)16(21)18-17-15(20)11-6-8-13(9-7-11)19(22)23/h3-10H,2H2,1H3,(H,17,20)(H,18,21). The third-order valence-corrected chi connectivity index (χ3v) is 3.04. The average Bonchev–Trinajstić information content (AvgIpc) is 2.60. The summed E-state index contributed by atoms with van der Waals surface area (Å²) in [5.74, 6) is -0.544. The van der Waals surface area contributed by atoms with Gasteiger partial charge in [0.25, 0.3) is 17.5 Å². The van der Waals surface area contributed by atoms with Gasteiger partial charge in [0.2, 0.25) is 0 Å². The van der Waals surface area contributed by atoms with Gasteiger partial charge in [-0.3, -0.25) is 30.6 Å². The third kappa shape index (κ3) is 4.29. The van der Waals surface area contributed by atoms with E-state index in [1.165, 1.54) is 24.3 Å². The minimum atomic E-state index is -0.584. The molecule has 0 fully saturated rings. The zero-order chi connectivity index (χ0) is 17.5. The predicted octanol–water partition coefficient (Wildman–Crippen LogP) is 2.07. The van der Waals surface area contributed by atoms with Gasteiger partial charge in [0.15, 0.2) is 0 Å². The Kier molecular flexibility index (Phi) is 5.45. The van der Waals surface area contributed by atoms with Crippen molar-refractivity contribution in [1.29, 1.82) is 0 Å². The molecule has 2 aromatic carbocycles. The number of nitro benzene ring substituents is 1. The second-order valence-electron chi connectivity index (χ2n) is 4.67. The molecule has 2 N–H and O–H groups in total. The van der Waals surface area contributed by atoms with Crippen molar-refractivity contribution in [2.75, 3.05) is 6.61 Å². The summed E-state index contributed by atoms with van der Waals surface area (Å²) in [7, 11) is 0. The number of hydrazine groups is 1. The monoisotopic (exact) mass is 329 g/mol. The maximum Gasteiger partial charge on any atom is 0.269 e. The molecule has 0 radical (unpaired) electrons. The molecule has 0 saturated heterocycles. The summed E-state index contributed by atoms with van der Waals surface area (Å²) in [6.45, 7) is 2.30. The number of nitro groups is 1. The molecular formula is C16H15N3O5. The van der Waals surface area contributed by atoms with E-state index < -0.39 is 16.7 Å². The predicted molar refractivity (Wildman–Crippen MR) is 85.6 cm³/mol. The smallest absolute Gasteiger partial charge is 0.269 e. The van der Waals surface area contributed by atoms with Crippen LogP contribution < -0.4 is 15.6 Å². The second kappa shape index (κ2) is 7.73. The second-order valence-corrected chi connectivity index (χ2v) is 4.67. The molecule has 2 aromatic rings. The molecule has 0 bridgehead atoms. The zero-order valence-corrected chi connectivity index (χ0v) is 12.8. The van der Waals surface area contributed by atoms with Crippen LogP contribution in [-0.4, -0.2) is 23.3 Å². The number of carbonyl (C=O) groups excluding carboxylic acids is 2. The van der Waals surface area contributed by atoms with Crippen molar-refractivity contribution in [3.8, 4) is 5.75 Å². The van der Waals surface area contributed by atoms with Crippen LogP contribution in [0.1, 0.15) is 27.6 Å². The third-order valence-electron chi connectivity index (χ3n) is 3.04. The summed E-state index contributed by atoms with van der Waals surface area (Å²) in [5.41, 5.74) is 4.91. The average molecular weight is 329 g/mol. The maximum absolute atomic E-state index is 12.0. The van der Waals surface area contributed by atoms with Crippen LogP contribution >= 0.6 is 0 Å². The lowest BCUT2D eigenvalue weighted by Crippen LogP contribution is -2.41. The highest BCUT2D eigenvalue weighted by Gasteiger charge is 2.11. The molecule has 0 spiro atoms. The zero-order valence-electron chi connectivity index (χ0n) is 12.8. The Morgan fingerprint density at radius 1 is 1.04 bits per heavy atom. The van der Waals surface area contributed by atoms with Crippen molar-refractivity contribution in [2.24, 2.45) is 0 Å². The van der Waals surface area contributed by atoms with Crippen LogP contribution in [0.5, 0.6) is 5.75 Å². The van der Waals surface area contributed by atoms with E-state index in [2.05, 4.69) is 10.9 Å². The van der Waals surface area contributed by atoms with Gasteiger partial charge in [-0.1, -0.05) is 6.07 Å². The van der Waals surface area contributed by atoms with Crippen molar-refractivity contribution < 1.29 is 19.2 Å². The van der Waals surface area contributed by atoms with Crippen LogP contribution in [0.4, 0.5) is 5.69 Å². The molecule has 8 nitrogen and oxygen atoms in total. The van der Waals surface area contributed by atoms with E-state index in [0.29, 0.717) is 17.9 Å². The first-order chi connectivity index (χ1) is 11.5. The molecule has 2 amide bonds. The van der Waals surface area contributed by atoms with E-state index >= 15 is 0 Å². The Balaban J connectivity index is 1.96. The highest BCUT2D eigenvalue weighted by molar-refractivity contribution is 5.99. The first-order valence-electron chi connectivity index (χ1n) is 7.09. The molecule has 0 atom stereocenters. The highest BCUT2D eigenvalue weighted by Crippen LogP contribution is 2.13. The number of amides is 2. The lowest BCUT2D eigenvalue weighted by Gasteiger charge is -2.09. The largest absolute Gasteiger partial charge is 0.494 e. The Morgan fingerprint density at radius 2 is 1.67 bits per heavy atom. The fraction of sp³-hybridized carbons (Fsp3) is 0.125. The molecule has 8 heteroatoms. The first-order valence-corrected chi connectivity index (χ1v) is 7.09. The van der Waals surface area contributed by atoms with Crippen molar-refractivity contribution in [3.63, 3.8) is 0 Å². The molecule has 2 rings (SSSR count). The number of rotatable bonds is 5. The lowest BCUT2D eigenvalue weighted by atomic mass is 10.2. The van der Waals surface area contributed by atoms with Gasteiger partial charge in [0, 0.05) is 23.3 Å². The minimum Gasteiger partial charge on any atom is -0.494 e. The number of hydrogen-bond acceptors (Lipinski definition) is 5. The normalized spacial score (nSPS) is 9.88. The van der Waals surface area contributed by atoms with Crippen LogP contribution in [0, 0.1) is 10.1 Å². The number of non-ortho nitro benzene ring substituents is 1. The number of carbonyl (C=O) groups is 2. The van der Waals surface area contributed by atoms with E-state index in [9.17, 15) is 19.7 Å². The summed E-state index contributed by atoms with van der Waals surface area (Å²) in [6, 6.07) is 11.5. The lowest BCUT2D eigenvalue weighted by molar-refractivity contribution is -0.384. The highest BCUT2D eigenvalue weighted by atomic mass is 16.6. The van der Waals surface area contributed by atoms with Gasteiger partial charge >= 0.3 is 0 Å². The van der Waals surface area contributed by atoms with Crippen LogP contribution in [0.3, 0.4) is 0 Å². The fourth-order valence-corrected chi connectivity index (χ4v) is 1.89. The topological polar surface area (TPSA) is 111 Å². The summed E-state index contributed by atoms with van der Waals surface area (Å²) in [6.07, 6.45) is 0. The maximum atomic E-state index is 12.0. The molecule has 0 aromatic heterocycles. The molecule has 0 aliphatic rings. The molecule has 124 valence electrons. The van der Waals surface area contributed by atoms with Gasteiger partial charge in [0.05, 0.1) is 11.5 Å². The summed E-state index contributed by atoms with van der Waals surface area (Å²) >= 11 is 0. The molecule has 0 heterocycles. The summed E-state index contributed by atoms with van der Waals surface area (Å²) in [5, 5.41) is 10.6. The molecule has 0 unspecified atom stereocenters. The van der Waals surface area contributed by atoms with Crippen molar-refractivity contribution in [2.45, 2.75) is 6.92 Å². The van der Waals surface area contributed by atoms with Gasteiger partial charge in [-0.25, -0.2) is 0 Å². The van der Waals surface area contributed by atoms with Crippen LogP contribution in [0.25, 0.3) is 0 Å². The SMILES string of the molecule is CCOc1cccc(C(=O)NNC(=O)c2ccc([N+](=O)[O-])cc2)c1. The molecule has 0 aliphatic carbocycles. The van der Waals surface area contributed by atoms with Crippen molar-refractivity contribution in [3.05, 3.63) is 69.8 Å². The minimum absolute atomic E-state index is 0.122. The number of nitrogens with one attached hydrogen (secondary N) is 2. The van der Waals surface area contributed by atoms with E-state index in [1.54, 1.807) is 24.3 Å². The van der Waals surface area contributed by atoms with Crippen molar-refractivity contribution >= 4 is 17.5 Å². The summed E-state index contributed by atoms with van der Waals surface area (Å²) in [4.78, 5) is 33.9. The van der Waals surface area contributed by atoms with Crippen LogP contribution in [0.2, 0.25) is 0 Å². The summed E-state index contributed by atoms with van der Waals surface area (Å²) < 4.78 is 5.30. The number of nitrogens with zero attached hydrogens (tertiary/aromatic N) is 1. The van der Waals surface area contributed by atoms with E-state index in [1.807, 2.05) is 6.92 Å². The van der Waals surface area contributed by atoms with E-state index in [4.69, 9.17) is 4.74 Å². The Bertz CT molecular complexity index is 759. The van der Waals surface area contributed by atoms with Gasteiger partial charge in [0.1, 0.15) is 5.75 Å².